The third-order valence-electron chi connectivity index (χ3n) is 2.40. The Hall–Kier alpha value is -2.15. The van der Waals surface area contributed by atoms with Gasteiger partial charge in [-0.2, -0.15) is 0 Å². The van der Waals surface area contributed by atoms with Crippen LogP contribution in [0.4, 0.5) is 0 Å². The highest BCUT2D eigenvalue weighted by molar-refractivity contribution is 5.95. The van der Waals surface area contributed by atoms with Crippen LogP contribution in [0.15, 0.2) is 18.2 Å². The Labute approximate surface area is 107 Å². The van der Waals surface area contributed by atoms with Gasteiger partial charge >= 0.3 is 0 Å². The van der Waals surface area contributed by atoms with Gasteiger partial charge in [-0.1, -0.05) is 0 Å². The third-order valence-corrected chi connectivity index (χ3v) is 2.40. The summed E-state index contributed by atoms with van der Waals surface area (Å²) in [6, 6.07) is 5.05. The summed E-state index contributed by atoms with van der Waals surface area (Å²) in [5.41, 5.74) is 0.506. The molecule has 1 rings (SSSR count). The Morgan fingerprint density at radius 3 is 2.39 bits per heavy atom. The zero-order valence-corrected chi connectivity index (χ0v) is 10.7. The number of terminal acetylenes is 1. The lowest BCUT2D eigenvalue weighted by atomic mass is 10.2. The van der Waals surface area contributed by atoms with Crippen molar-refractivity contribution in [3.63, 3.8) is 0 Å². The van der Waals surface area contributed by atoms with Crippen molar-refractivity contribution < 1.29 is 14.3 Å². The maximum atomic E-state index is 11.9. The molecule has 4 heteroatoms. The summed E-state index contributed by atoms with van der Waals surface area (Å²) in [6.45, 7) is 0.558. The molecule has 96 valence electrons. The molecule has 0 aliphatic carbocycles. The largest absolute Gasteiger partial charge is 0.497 e. The smallest absolute Gasteiger partial charge is 0.251 e. The molecule has 1 aromatic rings. The average molecular weight is 247 g/mol. The fraction of sp³-hybridized carbons (Fsp3) is 0.357. The van der Waals surface area contributed by atoms with Crippen molar-refractivity contribution in [3.05, 3.63) is 23.8 Å². The number of hydrogen-bond acceptors (Lipinski definition) is 3. The summed E-state index contributed by atoms with van der Waals surface area (Å²) >= 11 is 0. The van der Waals surface area contributed by atoms with E-state index in [0.29, 0.717) is 30.0 Å². The van der Waals surface area contributed by atoms with Gasteiger partial charge < -0.3 is 14.8 Å². The van der Waals surface area contributed by atoms with E-state index in [0.717, 1.165) is 6.42 Å². The molecule has 0 saturated heterocycles. The summed E-state index contributed by atoms with van der Waals surface area (Å²) in [7, 11) is 3.09. The summed E-state index contributed by atoms with van der Waals surface area (Å²) in [4.78, 5) is 11.9. The molecule has 0 radical (unpaired) electrons. The molecule has 0 unspecified atom stereocenters. The van der Waals surface area contributed by atoms with Crippen LogP contribution in [0.5, 0.6) is 11.5 Å². The van der Waals surface area contributed by atoms with Crippen LogP contribution in [0.1, 0.15) is 23.2 Å². The molecule has 0 bridgehead atoms. The summed E-state index contributed by atoms with van der Waals surface area (Å²) in [5.74, 6) is 3.54. The van der Waals surface area contributed by atoms with E-state index in [9.17, 15) is 4.79 Å². The monoisotopic (exact) mass is 247 g/mol. The van der Waals surface area contributed by atoms with Crippen LogP contribution in [-0.4, -0.2) is 26.7 Å². The minimum absolute atomic E-state index is 0.163. The number of ether oxygens (including phenoxy) is 2. The predicted molar refractivity (Wildman–Crippen MR) is 69.9 cm³/mol. The molecule has 1 amide bonds. The molecule has 4 nitrogen and oxygen atoms in total. The van der Waals surface area contributed by atoms with Gasteiger partial charge in [0.1, 0.15) is 11.5 Å². The summed E-state index contributed by atoms with van der Waals surface area (Å²) in [6.07, 6.45) is 6.56. The predicted octanol–water partition coefficient (Wildman–Crippen LogP) is 1.85. The van der Waals surface area contributed by atoms with Crippen molar-refractivity contribution in [1.82, 2.24) is 5.32 Å². The Bertz CT molecular complexity index is 427. The van der Waals surface area contributed by atoms with E-state index in [1.807, 2.05) is 0 Å². The van der Waals surface area contributed by atoms with E-state index in [1.54, 1.807) is 32.4 Å². The molecule has 1 N–H and O–H groups in total. The molecule has 0 heterocycles. The highest BCUT2D eigenvalue weighted by atomic mass is 16.5. The second-order valence-corrected chi connectivity index (χ2v) is 3.66. The minimum Gasteiger partial charge on any atom is -0.497 e. The number of carbonyl (C=O) groups excluding carboxylic acids is 1. The number of carbonyl (C=O) groups is 1. The lowest BCUT2D eigenvalue weighted by molar-refractivity contribution is 0.0952. The summed E-state index contributed by atoms with van der Waals surface area (Å²) < 4.78 is 10.2. The fourth-order valence-corrected chi connectivity index (χ4v) is 1.43. The Kier molecular flexibility index (Phi) is 5.59. The van der Waals surface area contributed by atoms with E-state index < -0.39 is 0 Å². The number of unbranched alkanes of at least 4 members (excludes halogenated alkanes) is 1. The maximum absolute atomic E-state index is 11.9. The molecule has 0 aliphatic heterocycles. The van der Waals surface area contributed by atoms with Crippen LogP contribution in [-0.2, 0) is 0 Å². The first kappa shape index (κ1) is 13.9. The molecular formula is C14H17NO3. The SMILES string of the molecule is C#CCCCNC(=O)c1cc(OC)cc(OC)c1. The van der Waals surface area contributed by atoms with E-state index in [1.165, 1.54) is 0 Å². The van der Waals surface area contributed by atoms with Gasteiger partial charge in [0.25, 0.3) is 5.91 Å². The van der Waals surface area contributed by atoms with Crippen molar-refractivity contribution in [2.24, 2.45) is 0 Å². The van der Waals surface area contributed by atoms with E-state index in [2.05, 4.69) is 11.2 Å². The van der Waals surface area contributed by atoms with Crippen LogP contribution in [0.2, 0.25) is 0 Å². The zero-order chi connectivity index (χ0) is 13.4. The van der Waals surface area contributed by atoms with Gasteiger partial charge in [0.15, 0.2) is 0 Å². The van der Waals surface area contributed by atoms with Gasteiger partial charge in [-0.05, 0) is 18.6 Å². The van der Waals surface area contributed by atoms with E-state index in [-0.39, 0.29) is 5.91 Å². The molecule has 0 saturated carbocycles. The first-order chi connectivity index (χ1) is 8.71. The highest BCUT2D eigenvalue weighted by Crippen LogP contribution is 2.22. The molecule has 18 heavy (non-hydrogen) atoms. The van der Waals surface area contributed by atoms with Gasteiger partial charge in [-0.3, -0.25) is 4.79 Å². The van der Waals surface area contributed by atoms with Crippen LogP contribution < -0.4 is 14.8 Å². The van der Waals surface area contributed by atoms with Crippen molar-refractivity contribution >= 4 is 5.91 Å². The lowest BCUT2D eigenvalue weighted by Crippen LogP contribution is -2.24. The number of amides is 1. The van der Waals surface area contributed by atoms with Gasteiger partial charge in [0.2, 0.25) is 0 Å². The van der Waals surface area contributed by atoms with E-state index in [4.69, 9.17) is 15.9 Å². The quantitative estimate of drug-likeness (QED) is 0.616. The highest BCUT2D eigenvalue weighted by Gasteiger charge is 2.08. The van der Waals surface area contributed by atoms with Crippen molar-refractivity contribution in [2.75, 3.05) is 20.8 Å². The number of methoxy groups -OCH3 is 2. The molecule has 0 fully saturated rings. The lowest BCUT2D eigenvalue weighted by Gasteiger charge is -2.08. The fourth-order valence-electron chi connectivity index (χ4n) is 1.43. The zero-order valence-electron chi connectivity index (χ0n) is 10.7. The second kappa shape index (κ2) is 7.23. The topological polar surface area (TPSA) is 47.6 Å². The Morgan fingerprint density at radius 2 is 1.89 bits per heavy atom. The molecule has 0 spiro atoms. The first-order valence-electron chi connectivity index (χ1n) is 5.66. The Balaban J connectivity index is 2.69. The van der Waals surface area contributed by atoms with Gasteiger partial charge in [0, 0.05) is 24.6 Å². The average Bonchev–Trinajstić information content (AvgIpc) is 2.42. The third kappa shape index (κ3) is 4.02. The van der Waals surface area contributed by atoms with Gasteiger partial charge in [-0.25, -0.2) is 0 Å². The molecule has 0 aromatic heterocycles. The van der Waals surface area contributed by atoms with Crippen LogP contribution in [0.25, 0.3) is 0 Å². The number of hydrogen-bond donors (Lipinski definition) is 1. The van der Waals surface area contributed by atoms with Crippen LogP contribution in [0.3, 0.4) is 0 Å². The van der Waals surface area contributed by atoms with E-state index >= 15 is 0 Å². The van der Waals surface area contributed by atoms with Gasteiger partial charge in [0.05, 0.1) is 14.2 Å². The van der Waals surface area contributed by atoms with Crippen LogP contribution in [0, 0.1) is 12.3 Å². The number of nitrogens with one attached hydrogen (secondary N) is 1. The number of rotatable bonds is 6. The summed E-state index contributed by atoms with van der Waals surface area (Å²) in [5, 5.41) is 2.79. The number of benzene rings is 1. The van der Waals surface area contributed by atoms with Gasteiger partial charge in [-0.15, -0.1) is 12.3 Å². The standard InChI is InChI=1S/C14H17NO3/c1-4-5-6-7-15-14(16)11-8-12(17-2)10-13(9-11)18-3/h1,8-10H,5-7H2,2-3H3,(H,15,16). The van der Waals surface area contributed by atoms with Crippen molar-refractivity contribution in [2.45, 2.75) is 12.8 Å². The second-order valence-electron chi connectivity index (χ2n) is 3.66. The molecule has 0 aliphatic rings. The molecular weight excluding hydrogens is 230 g/mol. The maximum Gasteiger partial charge on any atom is 0.251 e. The normalized spacial score (nSPS) is 9.39. The Morgan fingerprint density at radius 1 is 1.28 bits per heavy atom. The van der Waals surface area contributed by atoms with Crippen molar-refractivity contribution in [1.29, 1.82) is 0 Å². The van der Waals surface area contributed by atoms with Crippen molar-refractivity contribution in [3.8, 4) is 23.8 Å². The minimum atomic E-state index is -0.163. The van der Waals surface area contributed by atoms with Crippen LogP contribution >= 0.6 is 0 Å². The molecule has 0 atom stereocenters. The first-order valence-corrected chi connectivity index (χ1v) is 5.66. The molecule has 1 aromatic carbocycles.